The molecule has 0 aromatic heterocycles. The van der Waals surface area contributed by atoms with Crippen molar-refractivity contribution in [3.8, 4) is 0 Å². The van der Waals surface area contributed by atoms with E-state index in [1.807, 2.05) is 6.08 Å². The summed E-state index contributed by atoms with van der Waals surface area (Å²) in [5.74, 6) is 0. The van der Waals surface area contributed by atoms with Crippen molar-refractivity contribution in [1.82, 2.24) is 5.32 Å². The molecular formula is C13H25NO. The Hall–Kier alpha value is -0.340. The summed E-state index contributed by atoms with van der Waals surface area (Å²) in [6, 6.07) is 1.19. The summed E-state index contributed by atoms with van der Waals surface area (Å²) >= 11 is 0. The molecular weight excluding hydrogens is 186 g/mol. The van der Waals surface area contributed by atoms with E-state index in [0.717, 1.165) is 19.3 Å². The van der Waals surface area contributed by atoms with Gasteiger partial charge in [-0.2, -0.15) is 0 Å². The van der Waals surface area contributed by atoms with Gasteiger partial charge in [-0.15, -0.1) is 6.58 Å². The first-order valence-corrected chi connectivity index (χ1v) is 5.95. The highest BCUT2D eigenvalue weighted by Crippen LogP contribution is 2.28. The molecule has 0 heterocycles. The quantitative estimate of drug-likeness (QED) is 0.706. The monoisotopic (exact) mass is 211 g/mol. The Labute approximate surface area is 94.1 Å². The maximum absolute atomic E-state index is 5.89. The van der Waals surface area contributed by atoms with Gasteiger partial charge in [0.1, 0.15) is 0 Å². The van der Waals surface area contributed by atoms with Gasteiger partial charge >= 0.3 is 0 Å². The van der Waals surface area contributed by atoms with E-state index in [-0.39, 0.29) is 5.60 Å². The van der Waals surface area contributed by atoms with Crippen LogP contribution >= 0.6 is 0 Å². The first-order chi connectivity index (χ1) is 6.90. The molecule has 88 valence electrons. The number of nitrogens with one attached hydrogen (secondary N) is 1. The molecule has 1 N–H and O–H groups in total. The van der Waals surface area contributed by atoms with Gasteiger partial charge in [0, 0.05) is 12.1 Å². The third-order valence-corrected chi connectivity index (χ3v) is 2.66. The fourth-order valence-corrected chi connectivity index (χ4v) is 2.02. The smallest absolute Gasteiger partial charge is 0.0612 e. The van der Waals surface area contributed by atoms with E-state index in [1.165, 1.54) is 0 Å². The molecule has 0 saturated heterocycles. The van der Waals surface area contributed by atoms with Crippen molar-refractivity contribution in [3.63, 3.8) is 0 Å². The van der Waals surface area contributed by atoms with Crippen LogP contribution in [0, 0.1) is 0 Å². The second-order valence-corrected chi connectivity index (χ2v) is 5.61. The lowest BCUT2D eigenvalue weighted by molar-refractivity contribution is -0.103. The van der Waals surface area contributed by atoms with Crippen LogP contribution in [0.3, 0.4) is 0 Å². The van der Waals surface area contributed by atoms with Gasteiger partial charge in [-0.3, -0.25) is 0 Å². The van der Waals surface area contributed by atoms with Gasteiger partial charge in [0.15, 0.2) is 0 Å². The zero-order valence-corrected chi connectivity index (χ0v) is 10.5. The van der Waals surface area contributed by atoms with Crippen molar-refractivity contribution < 1.29 is 4.74 Å². The van der Waals surface area contributed by atoms with Crippen LogP contribution in [0.2, 0.25) is 0 Å². The van der Waals surface area contributed by atoms with E-state index in [4.69, 9.17) is 4.74 Å². The highest BCUT2D eigenvalue weighted by Gasteiger charge is 2.33. The molecule has 1 fully saturated rings. The third kappa shape index (κ3) is 4.80. The van der Waals surface area contributed by atoms with E-state index in [2.05, 4.69) is 39.6 Å². The molecule has 1 unspecified atom stereocenters. The van der Waals surface area contributed by atoms with Crippen molar-refractivity contribution in [1.29, 1.82) is 0 Å². The van der Waals surface area contributed by atoms with E-state index < -0.39 is 0 Å². The second-order valence-electron chi connectivity index (χ2n) is 5.61. The van der Waals surface area contributed by atoms with E-state index in [9.17, 15) is 0 Å². The molecule has 0 bridgehead atoms. The predicted octanol–water partition coefficient (Wildman–Crippen LogP) is 2.89. The zero-order valence-electron chi connectivity index (χ0n) is 10.5. The molecule has 0 aromatic carbocycles. The molecule has 2 heteroatoms. The predicted molar refractivity (Wildman–Crippen MR) is 65.1 cm³/mol. The Kier molecular flexibility index (Phi) is 4.35. The second kappa shape index (κ2) is 5.13. The standard InChI is InChI=1S/C13H25NO/c1-6-7-10(2)14-11-8-12(9-11)15-13(3,4)5/h6,10-12,14H,1,7-9H2,2-5H3. The minimum atomic E-state index is 0.00235. The van der Waals surface area contributed by atoms with Crippen molar-refractivity contribution in [3.05, 3.63) is 12.7 Å². The lowest BCUT2D eigenvalue weighted by Crippen LogP contribution is -2.50. The Morgan fingerprint density at radius 1 is 1.47 bits per heavy atom. The van der Waals surface area contributed by atoms with Gasteiger partial charge in [-0.1, -0.05) is 6.08 Å². The topological polar surface area (TPSA) is 21.3 Å². The molecule has 1 atom stereocenters. The van der Waals surface area contributed by atoms with Gasteiger partial charge in [-0.25, -0.2) is 0 Å². The molecule has 0 aromatic rings. The maximum Gasteiger partial charge on any atom is 0.0612 e. The molecule has 15 heavy (non-hydrogen) atoms. The van der Waals surface area contributed by atoms with Crippen LogP contribution in [-0.4, -0.2) is 23.8 Å². The molecule has 2 nitrogen and oxygen atoms in total. The first-order valence-electron chi connectivity index (χ1n) is 5.95. The molecule has 1 rings (SSSR count). The summed E-state index contributed by atoms with van der Waals surface area (Å²) in [5.41, 5.74) is 0.00235. The molecule has 1 aliphatic carbocycles. The number of hydrogen-bond donors (Lipinski definition) is 1. The van der Waals surface area contributed by atoms with Crippen LogP contribution in [-0.2, 0) is 4.74 Å². The van der Waals surface area contributed by atoms with E-state index >= 15 is 0 Å². The Morgan fingerprint density at radius 3 is 2.53 bits per heavy atom. The summed E-state index contributed by atoms with van der Waals surface area (Å²) in [6.07, 6.45) is 5.77. The fraction of sp³-hybridized carbons (Fsp3) is 0.846. The lowest BCUT2D eigenvalue weighted by atomic mass is 9.88. The Morgan fingerprint density at radius 2 is 2.07 bits per heavy atom. The van der Waals surface area contributed by atoms with Crippen LogP contribution < -0.4 is 5.32 Å². The van der Waals surface area contributed by atoms with Crippen molar-refractivity contribution in [2.24, 2.45) is 0 Å². The van der Waals surface area contributed by atoms with Crippen LogP contribution in [0.15, 0.2) is 12.7 Å². The minimum absolute atomic E-state index is 0.00235. The average Bonchev–Trinajstić information content (AvgIpc) is 1.98. The molecule has 1 aliphatic rings. The van der Waals surface area contributed by atoms with E-state index in [1.54, 1.807) is 0 Å². The molecule has 0 aliphatic heterocycles. The highest BCUT2D eigenvalue weighted by atomic mass is 16.5. The SMILES string of the molecule is C=CCC(C)NC1CC(OC(C)(C)C)C1. The highest BCUT2D eigenvalue weighted by molar-refractivity contribution is 4.90. The third-order valence-electron chi connectivity index (χ3n) is 2.66. The van der Waals surface area contributed by atoms with Crippen LogP contribution in [0.4, 0.5) is 0 Å². The van der Waals surface area contributed by atoms with Gasteiger partial charge in [0.25, 0.3) is 0 Å². The number of hydrogen-bond acceptors (Lipinski definition) is 2. The molecule has 0 radical (unpaired) electrons. The molecule has 0 spiro atoms. The normalized spacial score (nSPS) is 28.3. The summed E-state index contributed by atoms with van der Waals surface area (Å²) in [6.45, 7) is 12.3. The molecule has 1 saturated carbocycles. The fourth-order valence-electron chi connectivity index (χ4n) is 2.02. The minimum Gasteiger partial charge on any atom is -0.373 e. The maximum atomic E-state index is 5.89. The Bertz CT molecular complexity index is 201. The van der Waals surface area contributed by atoms with E-state index in [0.29, 0.717) is 18.2 Å². The van der Waals surface area contributed by atoms with Crippen LogP contribution in [0.5, 0.6) is 0 Å². The Balaban J connectivity index is 2.12. The van der Waals surface area contributed by atoms with Crippen molar-refractivity contribution >= 4 is 0 Å². The summed E-state index contributed by atoms with van der Waals surface area (Å²) in [5, 5.41) is 3.58. The van der Waals surface area contributed by atoms with Gasteiger partial charge < -0.3 is 10.1 Å². The largest absolute Gasteiger partial charge is 0.373 e. The van der Waals surface area contributed by atoms with Crippen molar-refractivity contribution in [2.45, 2.75) is 70.7 Å². The zero-order chi connectivity index (χ0) is 11.5. The average molecular weight is 211 g/mol. The molecule has 0 amide bonds. The van der Waals surface area contributed by atoms with Gasteiger partial charge in [0.05, 0.1) is 11.7 Å². The van der Waals surface area contributed by atoms with Gasteiger partial charge in [0.2, 0.25) is 0 Å². The van der Waals surface area contributed by atoms with Gasteiger partial charge in [-0.05, 0) is 47.0 Å². The summed E-state index contributed by atoms with van der Waals surface area (Å²) < 4.78 is 5.89. The summed E-state index contributed by atoms with van der Waals surface area (Å²) in [7, 11) is 0. The van der Waals surface area contributed by atoms with Crippen LogP contribution in [0.25, 0.3) is 0 Å². The van der Waals surface area contributed by atoms with Crippen molar-refractivity contribution in [2.75, 3.05) is 0 Å². The van der Waals surface area contributed by atoms with Crippen LogP contribution in [0.1, 0.15) is 47.0 Å². The summed E-state index contributed by atoms with van der Waals surface area (Å²) in [4.78, 5) is 0. The number of rotatable bonds is 5. The number of ether oxygens (including phenoxy) is 1. The lowest BCUT2D eigenvalue weighted by Gasteiger charge is -2.40. The first kappa shape index (κ1) is 12.7.